The standard InChI is InChI=1S/C28H29FN2O3/c1-16-12-22(23(29)15-30-16)21-10-11-24(31-14-21)25-5-3-4-18-6-9-20(13-26(18)34-25)27(19-7-8-19)17(2)28(32)33/h6,9-15,17,19,25,27H,3-5,7-8H2,1-2H3,(H,32,33)/t17-,25?,27-/m0/s1. The number of carboxylic acid groups (broad SMARTS) is 1. The topological polar surface area (TPSA) is 72.3 Å². The molecule has 3 aromatic rings. The number of aliphatic carboxylic acids is 1. The minimum absolute atomic E-state index is 0.00391. The Morgan fingerprint density at radius 1 is 1.12 bits per heavy atom. The molecule has 1 N–H and O–H groups in total. The van der Waals surface area contributed by atoms with Crippen LogP contribution in [0.5, 0.6) is 5.75 Å². The van der Waals surface area contributed by atoms with Crippen LogP contribution in [0.25, 0.3) is 11.1 Å². The molecule has 3 atom stereocenters. The molecule has 0 saturated heterocycles. The van der Waals surface area contributed by atoms with Crippen LogP contribution in [0.2, 0.25) is 0 Å². The van der Waals surface area contributed by atoms with Crippen LogP contribution < -0.4 is 4.74 Å². The van der Waals surface area contributed by atoms with Crippen LogP contribution in [0.15, 0.2) is 48.8 Å². The lowest BCUT2D eigenvalue weighted by molar-refractivity contribution is -0.142. The molecule has 5 nitrogen and oxygen atoms in total. The van der Waals surface area contributed by atoms with E-state index in [1.54, 1.807) is 19.2 Å². The Balaban J connectivity index is 1.41. The van der Waals surface area contributed by atoms with Gasteiger partial charge in [0, 0.05) is 23.0 Å². The molecule has 1 saturated carbocycles. The average molecular weight is 461 g/mol. The fraction of sp³-hybridized carbons (Fsp3) is 0.393. The van der Waals surface area contributed by atoms with Gasteiger partial charge >= 0.3 is 5.97 Å². The summed E-state index contributed by atoms with van der Waals surface area (Å²) < 4.78 is 20.7. The number of pyridine rings is 2. The molecule has 1 fully saturated rings. The summed E-state index contributed by atoms with van der Waals surface area (Å²) in [5.41, 5.74) is 4.95. The molecule has 2 aliphatic rings. The van der Waals surface area contributed by atoms with Crippen molar-refractivity contribution in [2.24, 2.45) is 11.8 Å². The molecule has 1 unspecified atom stereocenters. The summed E-state index contributed by atoms with van der Waals surface area (Å²) in [6.45, 7) is 3.64. The number of halogens is 1. The van der Waals surface area contributed by atoms with Gasteiger partial charge in [-0.3, -0.25) is 14.8 Å². The van der Waals surface area contributed by atoms with Gasteiger partial charge in [0.25, 0.3) is 0 Å². The van der Waals surface area contributed by atoms with Gasteiger partial charge in [-0.15, -0.1) is 0 Å². The summed E-state index contributed by atoms with van der Waals surface area (Å²) in [7, 11) is 0. The first kappa shape index (κ1) is 22.5. The van der Waals surface area contributed by atoms with Gasteiger partial charge in [-0.1, -0.05) is 25.1 Å². The molecule has 0 amide bonds. The third kappa shape index (κ3) is 4.54. The van der Waals surface area contributed by atoms with Crippen LogP contribution in [0.1, 0.15) is 67.1 Å². The lowest BCUT2D eigenvalue weighted by Gasteiger charge is -2.23. The molecule has 0 bridgehead atoms. The number of hydrogen-bond donors (Lipinski definition) is 1. The summed E-state index contributed by atoms with van der Waals surface area (Å²) in [4.78, 5) is 20.3. The van der Waals surface area contributed by atoms with Crippen molar-refractivity contribution in [3.8, 4) is 16.9 Å². The molecule has 34 heavy (non-hydrogen) atoms. The highest BCUT2D eigenvalue weighted by Crippen LogP contribution is 2.48. The highest BCUT2D eigenvalue weighted by Gasteiger charge is 2.39. The van der Waals surface area contributed by atoms with Gasteiger partial charge in [-0.05, 0) is 80.2 Å². The highest BCUT2D eigenvalue weighted by atomic mass is 19.1. The maximum absolute atomic E-state index is 14.2. The van der Waals surface area contributed by atoms with E-state index in [9.17, 15) is 14.3 Å². The van der Waals surface area contributed by atoms with Gasteiger partial charge in [0.15, 0.2) is 0 Å². The molecular weight excluding hydrogens is 431 g/mol. The molecule has 1 aliphatic heterocycles. The normalized spacial score (nSPS) is 19.4. The number of fused-ring (bicyclic) bond motifs is 1. The predicted octanol–water partition coefficient (Wildman–Crippen LogP) is 6.26. The number of hydrogen-bond acceptors (Lipinski definition) is 4. The molecular formula is C28H29FN2O3. The van der Waals surface area contributed by atoms with Crippen LogP contribution in [0.3, 0.4) is 0 Å². The second-order valence-electron chi connectivity index (χ2n) is 9.63. The minimum Gasteiger partial charge on any atom is -0.484 e. The average Bonchev–Trinajstić information content (AvgIpc) is 3.68. The van der Waals surface area contributed by atoms with Crippen molar-refractivity contribution in [2.75, 3.05) is 0 Å². The Hall–Kier alpha value is -3.28. The van der Waals surface area contributed by atoms with E-state index in [0.717, 1.165) is 60.4 Å². The summed E-state index contributed by atoms with van der Waals surface area (Å²) in [5, 5.41) is 9.64. The van der Waals surface area contributed by atoms with Crippen molar-refractivity contribution in [1.29, 1.82) is 0 Å². The highest BCUT2D eigenvalue weighted by molar-refractivity contribution is 5.71. The Morgan fingerprint density at radius 3 is 2.65 bits per heavy atom. The first-order chi connectivity index (χ1) is 16.4. The number of rotatable bonds is 6. The Labute approximate surface area is 199 Å². The summed E-state index contributed by atoms with van der Waals surface area (Å²) >= 11 is 0. The van der Waals surface area contributed by atoms with Crippen molar-refractivity contribution < 1.29 is 19.0 Å². The quantitative estimate of drug-likeness (QED) is 0.470. The van der Waals surface area contributed by atoms with Gasteiger partial charge in [-0.2, -0.15) is 0 Å². The van der Waals surface area contributed by atoms with E-state index in [4.69, 9.17) is 4.74 Å². The summed E-state index contributed by atoms with van der Waals surface area (Å²) in [5.74, 6) is -0.297. The van der Waals surface area contributed by atoms with E-state index < -0.39 is 11.9 Å². The molecule has 0 radical (unpaired) electrons. The van der Waals surface area contributed by atoms with Crippen LogP contribution in [-0.4, -0.2) is 21.0 Å². The zero-order valence-electron chi connectivity index (χ0n) is 19.5. The van der Waals surface area contributed by atoms with E-state index in [0.29, 0.717) is 17.0 Å². The van der Waals surface area contributed by atoms with Crippen LogP contribution in [0, 0.1) is 24.6 Å². The number of carboxylic acids is 1. The van der Waals surface area contributed by atoms with Crippen LogP contribution in [-0.2, 0) is 11.2 Å². The largest absolute Gasteiger partial charge is 0.484 e. The second-order valence-corrected chi connectivity index (χ2v) is 9.63. The van der Waals surface area contributed by atoms with E-state index in [-0.39, 0.29) is 17.8 Å². The lowest BCUT2D eigenvalue weighted by atomic mass is 9.82. The zero-order chi connectivity index (χ0) is 23.8. The van der Waals surface area contributed by atoms with Crippen molar-refractivity contribution in [1.82, 2.24) is 9.97 Å². The number of aryl methyl sites for hydroxylation is 2. The Kier molecular flexibility index (Phi) is 6.07. The predicted molar refractivity (Wildman–Crippen MR) is 127 cm³/mol. The van der Waals surface area contributed by atoms with Crippen molar-refractivity contribution in [3.05, 3.63) is 77.1 Å². The number of benzene rings is 1. The number of ether oxygens (including phenoxy) is 1. The first-order valence-electron chi connectivity index (χ1n) is 12.0. The third-order valence-electron chi connectivity index (χ3n) is 7.14. The van der Waals surface area contributed by atoms with E-state index in [1.165, 1.54) is 6.20 Å². The lowest BCUT2D eigenvalue weighted by Crippen LogP contribution is -2.20. The molecule has 5 rings (SSSR count). The smallest absolute Gasteiger partial charge is 0.306 e. The molecule has 6 heteroatoms. The third-order valence-corrected chi connectivity index (χ3v) is 7.14. The van der Waals surface area contributed by atoms with Gasteiger partial charge in [0.05, 0.1) is 17.8 Å². The second kappa shape index (κ2) is 9.16. The fourth-order valence-corrected chi connectivity index (χ4v) is 5.09. The molecule has 3 heterocycles. The van der Waals surface area contributed by atoms with Gasteiger partial charge in [0.2, 0.25) is 0 Å². The maximum Gasteiger partial charge on any atom is 0.306 e. The summed E-state index contributed by atoms with van der Waals surface area (Å²) in [6, 6.07) is 11.7. The van der Waals surface area contributed by atoms with Gasteiger partial charge in [0.1, 0.15) is 17.7 Å². The van der Waals surface area contributed by atoms with Crippen LogP contribution >= 0.6 is 0 Å². The SMILES string of the molecule is Cc1cc(-c2ccc(C3CCCc4ccc([C@H](C5CC5)[C@H](C)C(=O)O)cc4O3)nc2)c(F)cn1. The Morgan fingerprint density at radius 2 is 1.94 bits per heavy atom. The van der Waals surface area contributed by atoms with Crippen molar-refractivity contribution in [3.63, 3.8) is 0 Å². The van der Waals surface area contributed by atoms with Gasteiger partial charge < -0.3 is 9.84 Å². The van der Waals surface area contributed by atoms with Crippen LogP contribution in [0.4, 0.5) is 4.39 Å². The molecule has 0 spiro atoms. The number of carbonyl (C=O) groups is 1. The molecule has 1 aromatic carbocycles. The number of aromatic nitrogens is 2. The molecule has 1 aliphatic carbocycles. The fourth-order valence-electron chi connectivity index (χ4n) is 5.09. The monoisotopic (exact) mass is 460 g/mol. The molecule has 176 valence electrons. The summed E-state index contributed by atoms with van der Waals surface area (Å²) in [6.07, 6.45) is 7.60. The van der Waals surface area contributed by atoms with E-state index in [2.05, 4.69) is 28.2 Å². The minimum atomic E-state index is -0.754. The van der Waals surface area contributed by atoms with Crippen molar-refractivity contribution in [2.45, 2.75) is 58.0 Å². The first-order valence-corrected chi connectivity index (χ1v) is 12.0. The maximum atomic E-state index is 14.2. The Bertz CT molecular complexity index is 1210. The molecule has 2 aromatic heterocycles. The zero-order valence-corrected chi connectivity index (χ0v) is 19.5. The van der Waals surface area contributed by atoms with Gasteiger partial charge in [-0.25, -0.2) is 4.39 Å². The van der Waals surface area contributed by atoms with Crippen molar-refractivity contribution >= 4 is 5.97 Å². The van der Waals surface area contributed by atoms with E-state index in [1.807, 2.05) is 19.1 Å². The number of nitrogens with zero attached hydrogens (tertiary/aromatic N) is 2. The van der Waals surface area contributed by atoms with E-state index >= 15 is 0 Å².